The van der Waals surface area contributed by atoms with Crippen LogP contribution in [-0.2, 0) is 10.0 Å². The maximum Gasteiger partial charge on any atom is 0.268 e. The molecule has 0 fully saturated rings. The Hall–Kier alpha value is -2.21. The van der Waals surface area contributed by atoms with Gasteiger partial charge in [-0.3, -0.25) is 4.31 Å². The highest BCUT2D eigenvalue weighted by atomic mass is 32.2. The Balaban J connectivity index is 2.60. The van der Waals surface area contributed by atoms with Gasteiger partial charge in [-0.15, -0.1) is 0 Å². The van der Waals surface area contributed by atoms with Crippen molar-refractivity contribution < 1.29 is 18.6 Å². The van der Waals surface area contributed by atoms with E-state index in [1.807, 2.05) is 0 Å². The molecule has 112 valence electrons. The van der Waals surface area contributed by atoms with E-state index in [1.165, 1.54) is 24.3 Å². The maximum atomic E-state index is 12.7. The second kappa shape index (κ2) is 5.65. The minimum absolute atomic E-state index is 0.0125. The van der Waals surface area contributed by atoms with Crippen LogP contribution in [0.1, 0.15) is 12.5 Å². The van der Waals surface area contributed by atoms with Gasteiger partial charge in [-0.05, 0) is 37.6 Å². The predicted molar refractivity (Wildman–Crippen MR) is 81.2 cm³/mol. The number of para-hydroxylation sites is 1. The van der Waals surface area contributed by atoms with E-state index >= 15 is 0 Å². The molecule has 0 saturated heterocycles. The quantitative estimate of drug-likeness (QED) is 0.910. The molecule has 2 rings (SSSR count). The second-order valence-electron chi connectivity index (χ2n) is 4.61. The Labute approximate surface area is 124 Å². The average Bonchev–Trinajstić information content (AvgIpc) is 2.43. The Kier molecular flexibility index (Phi) is 4.09. The van der Waals surface area contributed by atoms with Crippen molar-refractivity contribution in [2.75, 3.05) is 10.8 Å². The molecular weight excluding hydrogens is 290 g/mol. The van der Waals surface area contributed by atoms with Gasteiger partial charge in [-0.25, -0.2) is 8.42 Å². The molecule has 0 heterocycles. The zero-order chi connectivity index (χ0) is 15.6. The topological polar surface area (TPSA) is 77.8 Å². The van der Waals surface area contributed by atoms with Gasteiger partial charge in [0.05, 0.1) is 5.69 Å². The lowest BCUT2D eigenvalue weighted by Crippen LogP contribution is -2.31. The van der Waals surface area contributed by atoms with Gasteiger partial charge in [-0.2, -0.15) is 0 Å². The maximum absolute atomic E-state index is 12.7. The van der Waals surface area contributed by atoms with Crippen LogP contribution in [-0.4, -0.2) is 25.2 Å². The van der Waals surface area contributed by atoms with Crippen LogP contribution >= 0.6 is 0 Å². The summed E-state index contributed by atoms with van der Waals surface area (Å²) in [5, 5.41) is 19.4. The zero-order valence-corrected chi connectivity index (χ0v) is 12.6. The molecule has 0 radical (unpaired) electrons. The van der Waals surface area contributed by atoms with Crippen LogP contribution in [0, 0.1) is 6.92 Å². The van der Waals surface area contributed by atoms with Crippen molar-refractivity contribution in [3.8, 4) is 11.5 Å². The normalized spacial score (nSPS) is 11.3. The summed E-state index contributed by atoms with van der Waals surface area (Å²) in [5.41, 5.74) is 1.11. The monoisotopic (exact) mass is 307 g/mol. The molecular formula is C15H17NO4S. The lowest BCUT2D eigenvalue weighted by molar-refractivity contribution is 0.458. The molecule has 2 aromatic carbocycles. The summed E-state index contributed by atoms with van der Waals surface area (Å²) in [6.07, 6.45) is 0. The lowest BCUT2D eigenvalue weighted by atomic mass is 10.2. The second-order valence-corrected chi connectivity index (χ2v) is 6.44. The van der Waals surface area contributed by atoms with E-state index in [0.717, 1.165) is 4.31 Å². The van der Waals surface area contributed by atoms with Gasteiger partial charge < -0.3 is 10.2 Å². The van der Waals surface area contributed by atoms with Crippen molar-refractivity contribution in [1.82, 2.24) is 0 Å². The highest BCUT2D eigenvalue weighted by Gasteiger charge is 2.27. The van der Waals surface area contributed by atoms with Gasteiger partial charge in [0, 0.05) is 12.6 Å². The average molecular weight is 307 g/mol. The smallest absolute Gasteiger partial charge is 0.268 e. The number of nitrogens with zero attached hydrogens (tertiary/aromatic N) is 1. The van der Waals surface area contributed by atoms with E-state index in [4.69, 9.17) is 0 Å². The van der Waals surface area contributed by atoms with Crippen LogP contribution in [0.3, 0.4) is 0 Å². The first-order valence-corrected chi connectivity index (χ1v) is 7.92. The summed E-state index contributed by atoms with van der Waals surface area (Å²) < 4.78 is 26.6. The van der Waals surface area contributed by atoms with Gasteiger partial charge in [0.25, 0.3) is 10.0 Å². The first-order valence-electron chi connectivity index (χ1n) is 6.48. The van der Waals surface area contributed by atoms with Crippen molar-refractivity contribution in [2.24, 2.45) is 0 Å². The van der Waals surface area contributed by atoms with Crippen molar-refractivity contribution >= 4 is 15.7 Å². The predicted octanol–water partition coefficient (Wildman–Crippen LogP) is 2.62. The number of hydrogen-bond acceptors (Lipinski definition) is 4. The number of sulfonamides is 1. The summed E-state index contributed by atoms with van der Waals surface area (Å²) in [7, 11) is -3.90. The van der Waals surface area contributed by atoms with Crippen molar-refractivity contribution in [3.05, 3.63) is 48.0 Å². The van der Waals surface area contributed by atoms with E-state index in [9.17, 15) is 18.6 Å². The summed E-state index contributed by atoms with van der Waals surface area (Å²) in [6, 6.07) is 10.3. The number of hydrogen-bond donors (Lipinski definition) is 2. The van der Waals surface area contributed by atoms with Crippen LogP contribution in [0.25, 0.3) is 0 Å². The number of phenols is 2. The third kappa shape index (κ3) is 2.80. The van der Waals surface area contributed by atoms with E-state index < -0.39 is 10.0 Å². The van der Waals surface area contributed by atoms with Crippen LogP contribution in [0.2, 0.25) is 0 Å². The molecule has 0 saturated carbocycles. The molecule has 5 nitrogen and oxygen atoms in total. The summed E-state index contributed by atoms with van der Waals surface area (Å²) in [6.45, 7) is 3.64. The Morgan fingerprint density at radius 1 is 1.10 bits per heavy atom. The number of phenolic OH excluding ortho intramolecular Hbond substituents is 2. The molecule has 0 bridgehead atoms. The molecule has 0 atom stereocenters. The molecule has 0 spiro atoms. The van der Waals surface area contributed by atoms with E-state index in [0.29, 0.717) is 11.3 Å². The first kappa shape index (κ1) is 15.2. The minimum atomic E-state index is -3.90. The van der Waals surface area contributed by atoms with E-state index in [-0.39, 0.29) is 22.9 Å². The number of benzene rings is 2. The molecule has 2 aromatic rings. The Bertz CT molecular complexity index is 756. The highest BCUT2D eigenvalue weighted by Crippen LogP contribution is 2.32. The standard InChI is InChI=1S/C15H17NO4S/c1-3-16(13-10-12(17)9-8-11(13)2)21(19,20)15-7-5-4-6-14(15)18/h4-10,17-18H,3H2,1-2H3. The minimum Gasteiger partial charge on any atom is -0.508 e. The Morgan fingerprint density at radius 2 is 1.76 bits per heavy atom. The molecule has 0 aromatic heterocycles. The first-order chi connectivity index (χ1) is 9.87. The van der Waals surface area contributed by atoms with Gasteiger partial charge in [0.1, 0.15) is 16.4 Å². The Morgan fingerprint density at radius 3 is 2.38 bits per heavy atom. The fraction of sp³-hybridized carbons (Fsp3) is 0.200. The third-order valence-corrected chi connectivity index (χ3v) is 5.12. The molecule has 0 aliphatic heterocycles. The van der Waals surface area contributed by atoms with Crippen molar-refractivity contribution in [1.29, 1.82) is 0 Å². The van der Waals surface area contributed by atoms with E-state index in [2.05, 4.69) is 0 Å². The third-order valence-electron chi connectivity index (χ3n) is 3.18. The molecule has 0 amide bonds. The number of aryl methyl sites for hydroxylation is 1. The number of anilines is 1. The highest BCUT2D eigenvalue weighted by molar-refractivity contribution is 7.93. The van der Waals surface area contributed by atoms with E-state index in [1.54, 1.807) is 32.0 Å². The summed E-state index contributed by atoms with van der Waals surface area (Å²) in [4.78, 5) is -0.158. The molecule has 21 heavy (non-hydrogen) atoms. The molecule has 0 aliphatic rings. The van der Waals surface area contributed by atoms with Crippen LogP contribution < -0.4 is 4.31 Å². The van der Waals surface area contributed by atoms with Crippen molar-refractivity contribution in [2.45, 2.75) is 18.7 Å². The molecule has 0 unspecified atom stereocenters. The molecule has 2 N–H and O–H groups in total. The fourth-order valence-corrected chi connectivity index (χ4v) is 3.75. The largest absolute Gasteiger partial charge is 0.508 e. The SMILES string of the molecule is CCN(c1cc(O)ccc1C)S(=O)(=O)c1ccccc1O. The zero-order valence-electron chi connectivity index (χ0n) is 11.8. The lowest BCUT2D eigenvalue weighted by Gasteiger charge is -2.25. The fourth-order valence-electron chi connectivity index (χ4n) is 2.13. The van der Waals surface area contributed by atoms with Gasteiger partial charge in [0.2, 0.25) is 0 Å². The van der Waals surface area contributed by atoms with Gasteiger partial charge in [0.15, 0.2) is 0 Å². The summed E-state index contributed by atoms with van der Waals surface area (Å²) >= 11 is 0. The molecule has 0 aliphatic carbocycles. The van der Waals surface area contributed by atoms with Crippen LogP contribution in [0.15, 0.2) is 47.4 Å². The van der Waals surface area contributed by atoms with Crippen LogP contribution in [0.5, 0.6) is 11.5 Å². The van der Waals surface area contributed by atoms with Crippen LogP contribution in [0.4, 0.5) is 5.69 Å². The molecule has 6 heteroatoms. The number of aromatic hydroxyl groups is 2. The number of rotatable bonds is 4. The van der Waals surface area contributed by atoms with Crippen molar-refractivity contribution in [3.63, 3.8) is 0 Å². The summed E-state index contributed by atoms with van der Waals surface area (Å²) in [5.74, 6) is -0.310. The van der Waals surface area contributed by atoms with Gasteiger partial charge >= 0.3 is 0 Å². The van der Waals surface area contributed by atoms with Gasteiger partial charge in [-0.1, -0.05) is 18.2 Å².